The molecule has 0 spiro atoms. The molecule has 1 aliphatic heterocycles. The van der Waals surface area contributed by atoms with Gasteiger partial charge in [-0.1, -0.05) is 0 Å². The van der Waals surface area contributed by atoms with Gasteiger partial charge in [0.15, 0.2) is 0 Å². The summed E-state index contributed by atoms with van der Waals surface area (Å²) in [7, 11) is -3.96. The van der Waals surface area contributed by atoms with E-state index in [2.05, 4.69) is 4.74 Å². The number of esters is 1. The minimum atomic E-state index is -5.09. The van der Waals surface area contributed by atoms with Crippen molar-refractivity contribution in [3.63, 3.8) is 0 Å². The molecule has 216 valence electrons. The van der Waals surface area contributed by atoms with Crippen LogP contribution in [-0.2, 0) is 25.5 Å². The maximum absolute atomic E-state index is 15.5. The molecule has 2 aromatic rings. The van der Waals surface area contributed by atoms with Gasteiger partial charge in [-0.15, -0.1) is 0 Å². The van der Waals surface area contributed by atoms with Crippen molar-refractivity contribution >= 4 is 27.2 Å². The number of nitrogens with zero attached hydrogens (tertiary/aromatic N) is 1. The van der Waals surface area contributed by atoms with Crippen molar-refractivity contribution in [1.29, 1.82) is 0 Å². The highest BCUT2D eigenvalue weighted by atomic mass is 32.2. The Morgan fingerprint density at radius 2 is 1.74 bits per heavy atom. The number of carbonyl (C=O) groups is 1. The molecule has 1 aliphatic rings. The van der Waals surface area contributed by atoms with Crippen molar-refractivity contribution in [2.45, 2.75) is 49.7 Å². The van der Waals surface area contributed by atoms with E-state index in [0.717, 1.165) is 36.3 Å². The molecule has 6 nitrogen and oxygen atoms in total. The standard InChI is InChI=1S/C25H26F7NO5S/c1-24(2,23(34)37-3)13-38-19-11-20-18(10-17(19)25(30,31)32)33(16-7-5-15(26)6-8-16)12-14(4-9-21(27)28)22(29)39(20,35)36/h5-8,10-11,14,21-22H,4,9,12-13H2,1-3H3/t14-,22+/m0/s1. The highest BCUT2D eigenvalue weighted by Gasteiger charge is 2.45. The van der Waals surface area contributed by atoms with Crippen molar-refractivity contribution in [1.82, 2.24) is 0 Å². The molecule has 2 atom stereocenters. The van der Waals surface area contributed by atoms with Gasteiger partial charge in [-0.05, 0) is 50.6 Å². The Hall–Kier alpha value is -3.03. The maximum atomic E-state index is 15.5. The lowest BCUT2D eigenvalue weighted by atomic mass is 9.95. The highest BCUT2D eigenvalue weighted by molar-refractivity contribution is 7.92. The van der Waals surface area contributed by atoms with Crippen LogP contribution in [0.1, 0.15) is 32.3 Å². The molecule has 0 N–H and O–H groups in total. The van der Waals surface area contributed by atoms with Gasteiger partial charge in [-0.25, -0.2) is 26.0 Å². The summed E-state index contributed by atoms with van der Waals surface area (Å²) in [6, 6.07) is 5.19. The number of sulfone groups is 1. The number of ether oxygens (including phenoxy) is 2. The summed E-state index contributed by atoms with van der Waals surface area (Å²) in [5.41, 5.74) is -6.18. The lowest BCUT2D eigenvalue weighted by Gasteiger charge is -2.29. The number of benzene rings is 2. The summed E-state index contributed by atoms with van der Waals surface area (Å²) < 4.78 is 134. The van der Waals surface area contributed by atoms with E-state index >= 15 is 4.39 Å². The fraction of sp³-hybridized carbons (Fsp3) is 0.480. The smallest absolute Gasteiger partial charge is 0.420 e. The molecular formula is C25H26F7NO5S. The highest BCUT2D eigenvalue weighted by Crippen LogP contribution is 2.47. The number of rotatable bonds is 8. The SMILES string of the molecule is COC(=O)C(C)(C)COc1cc2c(cc1C(F)(F)F)N(c1ccc(F)cc1)C[C@H](CCC(F)F)[C@H](F)S2(=O)=O. The van der Waals surface area contributed by atoms with Gasteiger partial charge in [0.1, 0.15) is 18.2 Å². The average Bonchev–Trinajstić information content (AvgIpc) is 2.93. The van der Waals surface area contributed by atoms with Crippen molar-refractivity contribution in [3.8, 4) is 5.75 Å². The fourth-order valence-electron chi connectivity index (χ4n) is 4.14. The normalized spacial score (nSPS) is 19.4. The Kier molecular flexibility index (Phi) is 8.78. The second kappa shape index (κ2) is 11.2. The summed E-state index contributed by atoms with van der Waals surface area (Å²) in [6.45, 7) is 1.42. The summed E-state index contributed by atoms with van der Waals surface area (Å²) in [5, 5.41) is 0. The van der Waals surface area contributed by atoms with Crippen LogP contribution in [0.2, 0.25) is 0 Å². The van der Waals surface area contributed by atoms with Crippen LogP contribution in [-0.4, -0.2) is 46.6 Å². The lowest BCUT2D eigenvalue weighted by Crippen LogP contribution is -2.32. The Morgan fingerprint density at radius 3 is 2.28 bits per heavy atom. The Labute approximate surface area is 220 Å². The first-order valence-corrected chi connectivity index (χ1v) is 13.2. The van der Waals surface area contributed by atoms with Gasteiger partial charge in [0.25, 0.3) is 0 Å². The Balaban J connectivity index is 2.25. The van der Waals surface area contributed by atoms with Crippen LogP contribution in [0.25, 0.3) is 0 Å². The molecule has 14 heteroatoms. The topological polar surface area (TPSA) is 72.9 Å². The zero-order valence-electron chi connectivity index (χ0n) is 21.1. The van der Waals surface area contributed by atoms with Gasteiger partial charge in [-0.2, -0.15) is 13.2 Å². The molecule has 0 aliphatic carbocycles. The second-order valence-corrected chi connectivity index (χ2v) is 11.7. The van der Waals surface area contributed by atoms with Gasteiger partial charge >= 0.3 is 12.1 Å². The van der Waals surface area contributed by atoms with Crippen molar-refractivity contribution in [3.05, 3.63) is 47.8 Å². The molecule has 39 heavy (non-hydrogen) atoms. The molecule has 0 fully saturated rings. The molecule has 0 bridgehead atoms. The number of alkyl halides is 6. The largest absolute Gasteiger partial charge is 0.492 e. The zero-order chi connectivity index (χ0) is 29.3. The third-order valence-corrected chi connectivity index (χ3v) is 8.19. The second-order valence-electron chi connectivity index (χ2n) is 9.69. The van der Waals surface area contributed by atoms with E-state index in [4.69, 9.17) is 4.74 Å². The molecule has 0 radical (unpaired) electrons. The van der Waals surface area contributed by atoms with Gasteiger partial charge < -0.3 is 14.4 Å². The number of hydrogen-bond donors (Lipinski definition) is 0. The van der Waals surface area contributed by atoms with E-state index in [1.165, 1.54) is 13.8 Å². The first-order valence-electron chi connectivity index (χ1n) is 11.6. The number of halogens is 7. The van der Waals surface area contributed by atoms with Crippen LogP contribution < -0.4 is 9.64 Å². The summed E-state index contributed by atoms with van der Waals surface area (Å²) >= 11 is 0. The number of carbonyl (C=O) groups excluding carboxylic acids is 1. The van der Waals surface area contributed by atoms with Crippen LogP contribution in [0.5, 0.6) is 5.75 Å². The van der Waals surface area contributed by atoms with Crippen molar-refractivity contribution in [2.24, 2.45) is 11.3 Å². The maximum Gasteiger partial charge on any atom is 0.420 e. The number of methoxy groups -OCH3 is 1. The molecule has 0 saturated heterocycles. The molecule has 0 saturated carbocycles. The minimum Gasteiger partial charge on any atom is -0.492 e. The van der Waals surface area contributed by atoms with Crippen LogP contribution in [0.15, 0.2) is 41.3 Å². The summed E-state index contributed by atoms with van der Waals surface area (Å²) in [5.74, 6) is -4.06. The van der Waals surface area contributed by atoms with Gasteiger partial charge in [0, 0.05) is 30.6 Å². The number of fused-ring (bicyclic) bond motifs is 1. The number of anilines is 2. The van der Waals surface area contributed by atoms with Crippen LogP contribution in [0, 0.1) is 17.2 Å². The predicted molar refractivity (Wildman–Crippen MR) is 127 cm³/mol. The molecule has 0 unspecified atom stereocenters. The Bertz CT molecular complexity index is 1300. The molecule has 0 aromatic heterocycles. The quantitative estimate of drug-likeness (QED) is 0.267. The minimum absolute atomic E-state index is 0.0117. The zero-order valence-corrected chi connectivity index (χ0v) is 21.9. The fourth-order valence-corrected chi connectivity index (χ4v) is 5.84. The summed E-state index contributed by atoms with van der Waals surface area (Å²) in [6.07, 6.45) is -9.40. The van der Waals surface area contributed by atoms with Crippen LogP contribution in [0.3, 0.4) is 0 Å². The monoisotopic (exact) mass is 585 g/mol. The third kappa shape index (κ3) is 6.59. The van der Waals surface area contributed by atoms with E-state index in [-0.39, 0.29) is 5.69 Å². The molecule has 2 aromatic carbocycles. The van der Waals surface area contributed by atoms with Crippen molar-refractivity contribution in [2.75, 3.05) is 25.2 Å². The van der Waals surface area contributed by atoms with E-state index in [1.54, 1.807) is 0 Å². The first-order chi connectivity index (χ1) is 18.0. The Morgan fingerprint density at radius 1 is 1.13 bits per heavy atom. The lowest BCUT2D eigenvalue weighted by molar-refractivity contribution is -0.152. The first kappa shape index (κ1) is 30.5. The predicted octanol–water partition coefficient (Wildman–Crippen LogP) is 6.31. The molecule has 1 heterocycles. The molecule has 0 amide bonds. The van der Waals surface area contributed by atoms with Gasteiger partial charge in [0.05, 0.1) is 28.7 Å². The van der Waals surface area contributed by atoms with E-state index in [9.17, 15) is 39.6 Å². The van der Waals surface area contributed by atoms with Crippen LogP contribution in [0.4, 0.5) is 42.1 Å². The van der Waals surface area contributed by atoms with E-state index in [1.807, 2.05) is 0 Å². The van der Waals surface area contributed by atoms with Gasteiger partial charge in [-0.3, -0.25) is 4.79 Å². The average molecular weight is 586 g/mol. The van der Waals surface area contributed by atoms with Gasteiger partial charge in [0.2, 0.25) is 21.8 Å². The summed E-state index contributed by atoms with van der Waals surface area (Å²) in [4.78, 5) is 12.1. The van der Waals surface area contributed by atoms with E-state index < -0.39 is 99.0 Å². The van der Waals surface area contributed by atoms with Crippen molar-refractivity contribution < 1.29 is 53.4 Å². The third-order valence-electron chi connectivity index (χ3n) is 6.27. The molecule has 3 rings (SSSR count). The number of hydrogen-bond acceptors (Lipinski definition) is 6. The van der Waals surface area contributed by atoms with E-state index in [0.29, 0.717) is 12.1 Å². The van der Waals surface area contributed by atoms with Crippen LogP contribution >= 0.6 is 0 Å². The molecular weight excluding hydrogens is 559 g/mol.